The van der Waals surface area contributed by atoms with Crippen LogP contribution in [-0.4, -0.2) is 60.6 Å². The summed E-state index contributed by atoms with van der Waals surface area (Å²) < 4.78 is 7.03. The van der Waals surface area contributed by atoms with E-state index in [2.05, 4.69) is 21.4 Å². The molecule has 1 saturated heterocycles. The van der Waals surface area contributed by atoms with Gasteiger partial charge in [0, 0.05) is 58.1 Å². The normalized spacial score (nSPS) is 20.2. The maximum Gasteiger partial charge on any atom is 0.0587 e. The molecular formula is C14H26N4O. The van der Waals surface area contributed by atoms with E-state index >= 15 is 0 Å². The largest absolute Gasteiger partial charge is 0.383 e. The molecule has 2 heterocycles. The highest BCUT2D eigenvalue weighted by Crippen LogP contribution is 2.16. The van der Waals surface area contributed by atoms with Gasteiger partial charge in [-0.15, -0.1) is 0 Å². The summed E-state index contributed by atoms with van der Waals surface area (Å²) in [5.74, 6) is 0. The van der Waals surface area contributed by atoms with E-state index in [0.29, 0.717) is 6.04 Å². The van der Waals surface area contributed by atoms with Gasteiger partial charge in [-0.25, -0.2) is 0 Å². The predicted molar refractivity (Wildman–Crippen MR) is 76.3 cm³/mol. The molecular weight excluding hydrogens is 240 g/mol. The van der Waals surface area contributed by atoms with Crippen LogP contribution in [0, 0.1) is 0 Å². The van der Waals surface area contributed by atoms with Crippen molar-refractivity contribution in [1.29, 1.82) is 0 Å². The second-order valence-corrected chi connectivity index (χ2v) is 5.23. The lowest BCUT2D eigenvalue weighted by molar-refractivity contribution is 0.192. The number of aryl methyl sites for hydroxylation is 1. The summed E-state index contributed by atoms with van der Waals surface area (Å²) in [5.41, 5.74) is 1.32. The SMILES string of the molecule is COCCNCC1CCCN1CCc1ccnn1C. The molecule has 0 aliphatic carbocycles. The zero-order valence-corrected chi connectivity index (χ0v) is 12.1. The van der Waals surface area contributed by atoms with Crippen LogP contribution in [0.25, 0.3) is 0 Å². The van der Waals surface area contributed by atoms with E-state index in [-0.39, 0.29) is 0 Å². The monoisotopic (exact) mass is 266 g/mol. The van der Waals surface area contributed by atoms with Crippen molar-refractivity contribution in [2.75, 3.05) is 39.9 Å². The lowest BCUT2D eigenvalue weighted by Crippen LogP contribution is -2.39. The van der Waals surface area contributed by atoms with Crippen molar-refractivity contribution in [3.63, 3.8) is 0 Å². The molecule has 1 aliphatic rings. The Bertz CT molecular complexity index is 366. The van der Waals surface area contributed by atoms with Crippen LogP contribution in [0.4, 0.5) is 0 Å². The fourth-order valence-corrected chi connectivity index (χ4v) is 2.77. The Hall–Kier alpha value is -0.910. The molecule has 1 aromatic heterocycles. The topological polar surface area (TPSA) is 42.3 Å². The van der Waals surface area contributed by atoms with E-state index < -0.39 is 0 Å². The van der Waals surface area contributed by atoms with Crippen LogP contribution >= 0.6 is 0 Å². The molecule has 5 nitrogen and oxygen atoms in total. The molecule has 1 atom stereocenters. The molecule has 0 saturated carbocycles. The first-order chi connectivity index (χ1) is 9.31. The van der Waals surface area contributed by atoms with Gasteiger partial charge in [-0.3, -0.25) is 9.58 Å². The van der Waals surface area contributed by atoms with Crippen LogP contribution in [-0.2, 0) is 18.2 Å². The zero-order chi connectivity index (χ0) is 13.5. The summed E-state index contributed by atoms with van der Waals surface area (Å²) in [5, 5.41) is 7.70. The molecule has 5 heteroatoms. The van der Waals surface area contributed by atoms with Crippen molar-refractivity contribution in [2.24, 2.45) is 7.05 Å². The Morgan fingerprint density at radius 2 is 2.42 bits per heavy atom. The van der Waals surface area contributed by atoms with Gasteiger partial charge in [-0.1, -0.05) is 0 Å². The summed E-state index contributed by atoms with van der Waals surface area (Å²) in [6, 6.07) is 2.80. The number of nitrogens with one attached hydrogen (secondary N) is 1. The lowest BCUT2D eigenvalue weighted by atomic mass is 10.2. The van der Waals surface area contributed by atoms with Crippen LogP contribution in [0.1, 0.15) is 18.5 Å². The first kappa shape index (κ1) is 14.5. The summed E-state index contributed by atoms with van der Waals surface area (Å²) in [6.07, 6.45) is 5.60. The molecule has 0 spiro atoms. The van der Waals surface area contributed by atoms with E-state index in [1.54, 1.807) is 7.11 Å². The fourth-order valence-electron chi connectivity index (χ4n) is 2.77. The number of nitrogens with zero attached hydrogens (tertiary/aromatic N) is 3. The minimum Gasteiger partial charge on any atom is -0.383 e. The predicted octanol–water partition coefficient (Wildman–Crippen LogP) is 0.663. The van der Waals surface area contributed by atoms with Gasteiger partial charge in [0.25, 0.3) is 0 Å². The number of likely N-dealkylation sites (tertiary alicyclic amines) is 1. The van der Waals surface area contributed by atoms with Gasteiger partial charge in [0.05, 0.1) is 6.61 Å². The highest BCUT2D eigenvalue weighted by molar-refractivity contribution is 5.00. The Kier molecular flexibility index (Phi) is 5.82. The van der Waals surface area contributed by atoms with E-state index in [1.165, 1.54) is 25.1 Å². The number of ether oxygens (including phenoxy) is 1. The highest BCUT2D eigenvalue weighted by Gasteiger charge is 2.23. The molecule has 19 heavy (non-hydrogen) atoms. The minimum absolute atomic E-state index is 0.685. The third-order valence-corrected chi connectivity index (χ3v) is 3.94. The van der Waals surface area contributed by atoms with Crippen LogP contribution in [0.5, 0.6) is 0 Å². The molecule has 1 aliphatic heterocycles. The maximum absolute atomic E-state index is 5.06. The molecule has 0 bridgehead atoms. The first-order valence-corrected chi connectivity index (χ1v) is 7.22. The van der Waals surface area contributed by atoms with Gasteiger partial charge in [0.1, 0.15) is 0 Å². The summed E-state index contributed by atoms with van der Waals surface area (Å²) in [7, 11) is 3.76. The van der Waals surface area contributed by atoms with Crippen molar-refractivity contribution in [1.82, 2.24) is 20.0 Å². The average molecular weight is 266 g/mol. The molecule has 0 radical (unpaired) electrons. The third-order valence-electron chi connectivity index (χ3n) is 3.94. The summed E-state index contributed by atoms with van der Waals surface area (Å²) in [4.78, 5) is 2.60. The van der Waals surface area contributed by atoms with E-state index in [9.17, 15) is 0 Å². The Morgan fingerprint density at radius 1 is 1.53 bits per heavy atom. The van der Waals surface area contributed by atoms with Crippen LogP contribution in [0.3, 0.4) is 0 Å². The smallest absolute Gasteiger partial charge is 0.0587 e. The second-order valence-electron chi connectivity index (χ2n) is 5.23. The van der Waals surface area contributed by atoms with E-state index in [1.807, 2.05) is 17.9 Å². The number of hydrogen-bond donors (Lipinski definition) is 1. The molecule has 1 fully saturated rings. The number of aromatic nitrogens is 2. The Labute approximate surface area is 115 Å². The van der Waals surface area contributed by atoms with Gasteiger partial charge in [0.15, 0.2) is 0 Å². The number of hydrogen-bond acceptors (Lipinski definition) is 4. The maximum atomic E-state index is 5.06. The molecule has 1 aromatic rings. The van der Waals surface area contributed by atoms with Crippen molar-refractivity contribution in [3.8, 4) is 0 Å². The van der Waals surface area contributed by atoms with Crippen molar-refractivity contribution in [2.45, 2.75) is 25.3 Å². The molecule has 108 valence electrons. The van der Waals surface area contributed by atoms with Crippen molar-refractivity contribution < 1.29 is 4.74 Å². The van der Waals surface area contributed by atoms with E-state index in [0.717, 1.165) is 32.7 Å². The van der Waals surface area contributed by atoms with Crippen LogP contribution in [0.15, 0.2) is 12.3 Å². The molecule has 0 amide bonds. The van der Waals surface area contributed by atoms with Gasteiger partial charge >= 0.3 is 0 Å². The third kappa shape index (κ3) is 4.30. The van der Waals surface area contributed by atoms with Gasteiger partial charge < -0.3 is 10.1 Å². The summed E-state index contributed by atoms with van der Waals surface area (Å²) in [6.45, 7) is 5.18. The van der Waals surface area contributed by atoms with E-state index in [4.69, 9.17) is 4.74 Å². The molecule has 2 rings (SSSR count). The second kappa shape index (κ2) is 7.62. The van der Waals surface area contributed by atoms with Crippen LogP contribution < -0.4 is 5.32 Å². The van der Waals surface area contributed by atoms with Gasteiger partial charge in [0.2, 0.25) is 0 Å². The molecule has 1 N–H and O–H groups in total. The number of rotatable bonds is 8. The van der Waals surface area contributed by atoms with Gasteiger partial charge in [-0.2, -0.15) is 5.10 Å². The standard InChI is InChI=1S/C14H26N4O/c1-17-13(5-7-16-17)6-10-18-9-3-4-14(18)12-15-8-11-19-2/h5,7,14-15H,3-4,6,8-12H2,1-2H3. The highest BCUT2D eigenvalue weighted by atomic mass is 16.5. The van der Waals surface area contributed by atoms with Gasteiger partial charge in [-0.05, 0) is 25.5 Å². The summed E-state index contributed by atoms with van der Waals surface area (Å²) >= 11 is 0. The first-order valence-electron chi connectivity index (χ1n) is 7.22. The Morgan fingerprint density at radius 3 is 3.16 bits per heavy atom. The average Bonchev–Trinajstić information content (AvgIpc) is 3.01. The molecule has 0 aromatic carbocycles. The zero-order valence-electron chi connectivity index (χ0n) is 12.1. The van der Waals surface area contributed by atoms with Crippen molar-refractivity contribution >= 4 is 0 Å². The minimum atomic E-state index is 0.685. The molecule has 1 unspecified atom stereocenters. The van der Waals surface area contributed by atoms with Crippen molar-refractivity contribution in [3.05, 3.63) is 18.0 Å². The lowest BCUT2D eigenvalue weighted by Gasteiger charge is -2.24. The Balaban J connectivity index is 1.71. The number of methoxy groups -OCH3 is 1. The fraction of sp³-hybridized carbons (Fsp3) is 0.786. The van der Waals surface area contributed by atoms with Crippen LogP contribution in [0.2, 0.25) is 0 Å². The quantitative estimate of drug-likeness (QED) is 0.702.